The van der Waals surface area contributed by atoms with E-state index in [0.717, 1.165) is 5.56 Å². The molecule has 4 nitrogen and oxygen atoms in total. The van der Waals surface area contributed by atoms with Gasteiger partial charge in [0.25, 0.3) is 10.0 Å². The lowest BCUT2D eigenvalue weighted by Gasteiger charge is -2.14. The number of hydrogen-bond donors (Lipinski definition) is 2. The molecule has 0 amide bonds. The van der Waals surface area contributed by atoms with Crippen molar-refractivity contribution >= 4 is 44.6 Å². The van der Waals surface area contributed by atoms with Gasteiger partial charge in [-0.15, -0.1) is 0 Å². The summed E-state index contributed by atoms with van der Waals surface area (Å²) in [6.07, 6.45) is 0. The first-order chi connectivity index (χ1) is 9.72. The van der Waals surface area contributed by atoms with Gasteiger partial charge in [-0.3, -0.25) is 4.72 Å². The lowest BCUT2D eigenvalue weighted by molar-refractivity contribution is 0.601. The van der Waals surface area contributed by atoms with E-state index in [1.165, 1.54) is 18.2 Å². The Labute approximate surface area is 133 Å². The molecule has 3 N–H and O–H groups in total. The molecule has 0 aliphatic rings. The summed E-state index contributed by atoms with van der Waals surface area (Å²) in [6.45, 7) is 3.61. The highest BCUT2D eigenvalue weighted by Crippen LogP contribution is 2.30. The van der Waals surface area contributed by atoms with Crippen LogP contribution in [-0.2, 0) is 10.0 Å². The summed E-state index contributed by atoms with van der Waals surface area (Å²) in [5.74, 6) is 0. The van der Waals surface area contributed by atoms with Crippen LogP contribution in [0.25, 0.3) is 0 Å². The van der Waals surface area contributed by atoms with E-state index in [1.807, 2.05) is 6.92 Å². The molecule has 0 spiro atoms. The van der Waals surface area contributed by atoms with Crippen LogP contribution >= 0.6 is 23.2 Å². The average Bonchev–Trinajstić information content (AvgIpc) is 2.42. The van der Waals surface area contributed by atoms with Gasteiger partial charge in [-0.25, -0.2) is 8.42 Å². The fraction of sp³-hybridized carbons (Fsp3) is 0.143. The van der Waals surface area contributed by atoms with E-state index in [1.54, 1.807) is 19.1 Å². The lowest BCUT2D eigenvalue weighted by atomic mass is 10.1. The summed E-state index contributed by atoms with van der Waals surface area (Å²) in [4.78, 5) is -0.0739. The second-order valence-electron chi connectivity index (χ2n) is 4.65. The molecule has 112 valence electrons. The van der Waals surface area contributed by atoms with Crippen molar-refractivity contribution in [3.63, 3.8) is 0 Å². The standard InChI is InChI=1S/C14H14Cl2N2O2S/c1-8-3-6-12(9(2)14(8)17)18-21(19,20)13-7-10(15)4-5-11(13)16/h3-7,18H,17H2,1-2H3. The molecule has 21 heavy (non-hydrogen) atoms. The number of aryl methyl sites for hydroxylation is 1. The van der Waals surface area contributed by atoms with E-state index < -0.39 is 10.0 Å². The molecule has 0 fully saturated rings. The molecule has 0 radical (unpaired) electrons. The third kappa shape index (κ3) is 3.26. The van der Waals surface area contributed by atoms with E-state index in [4.69, 9.17) is 28.9 Å². The fourth-order valence-electron chi connectivity index (χ4n) is 1.86. The van der Waals surface area contributed by atoms with Gasteiger partial charge in [0.15, 0.2) is 0 Å². The molecule has 0 saturated heterocycles. The predicted octanol–water partition coefficient (Wildman–Crippen LogP) is 3.99. The molecule has 0 atom stereocenters. The monoisotopic (exact) mass is 344 g/mol. The van der Waals surface area contributed by atoms with E-state index in [9.17, 15) is 8.42 Å². The quantitative estimate of drug-likeness (QED) is 0.826. The molecule has 2 aromatic rings. The van der Waals surface area contributed by atoms with Crippen molar-refractivity contribution in [2.24, 2.45) is 0 Å². The Kier molecular flexibility index (Phi) is 4.37. The van der Waals surface area contributed by atoms with Crippen molar-refractivity contribution in [2.45, 2.75) is 18.7 Å². The van der Waals surface area contributed by atoms with Crippen LogP contribution in [0, 0.1) is 13.8 Å². The van der Waals surface area contributed by atoms with E-state index >= 15 is 0 Å². The first-order valence-electron chi connectivity index (χ1n) is 6.06. The van der Waals surface area contributed by atoms with Gasteiger partial charge in [0.05, 0.1) is 10.7 Å². The minimum atomic E-state index is -3.84. The largest absolute Gasteiger partial charge is 0.398 e. The second-order valence-corrected chi connectivity index (χ2v) is 7.14. The number of anilines is 2. The van der Waals surface area contributed by atoms with Crippen molar-refractivity contribution in [1.82, 2.24) is 0 Å². The van der Waals surface area contributed by atoms with E-state index in [2.05, 4.69) is 4.72 Å². The van der Waals surface area contributed by atoms with Crippen LogP contribution in [0.4, 0.5) is 11.4 Å². The molecule has 0 bridgehead atoms. The van der Waals surface area contributed by atoms with Crippen molar-refractivity contribution < 1.29 is 8.42 Å². The van der Waals surface area contributed by atoms with Crippen molar-refractivity contribution in [2.75, 3.05) is 10.5 Å². The van der Waals surface area contributed by atoms with Gasteiger partial charge in [-0.2, -0.15) is 0 Å². The molecular weight excluding hydrogens is 331 g/mol. The number of hydrogen-bond acceptors (Lipinski definition) is 3. The maximum absolute atomic E-state index is 12.4. The number of nitrogen functional groups attached to an aromatic ring is 1. The predicted molar refractivity (Wildman–Crippen MR) is 87.6 cm³/mol. The SMILES string of the molecule is Cc1ccc(NS(=O)(=O)c2cc(Cl)ccc2Cl)c(C)c1N. The summed E-state index contributed by atoms with van der Waals surface area (Å²) in [7, 11) is -3.84. The smallest absolute Gasteiger partial charge is 0.263 e. The van der Waals surface area contributed by atoms with Gasteiger partial charge in [0, 0.05) is 10.7 Å². The zero-order valence-corrected chi connectivity index (χ0v) is 13.8. The number of sulfonamides is 1. The zero-order valence-electron chi connectivity index (χ0n) is 11.4. The summed E-state index contributed by atoms with van der Waals surface area (Å²) >= 11 is 11.8. The number of halogens is 2. The highest BCUT2D eigenvalue weighted by molar-refractivity contribution is 7.92. The number of nitrogens with two attached hydrogens (primary N) is 1. The average molecular weight is 345 g/mol. The molecule has 0 heterocycles. The molecular formula is C14H14Cl2N2O2S. The summed E-state index contributed by atoms with van der Waals surface area (Å²) in [5.41, 5.74) is 8.42. The van der Waals surface area contributed by atoms with Gasteiger partial charge in [0.1, 0.15) is 4.90 Å². The molecule has 7 heteroatoms. The Hall–Kier alpha value is -1.43. The van der Waals surface area contributed by atoms with Crippen LogP contribution in [0.3, 0.4) is 0 Å². The third-order valence-corrected chi connectivity index (χ3v) is 5.24. The normalized spacial score (nSPS) is 11.4. The van der Waals surface area contributed by atoms with E-state index in [0.29, 0.717) is 22.0 Å². The first-order valence-corrected chi connectivity index (χ1v) is 8.30. The topological polar surface area (TPSA) is 72.2 Å². The van der Waals surface area contributed by atoms with Crippen LogP contribution in [0.15, 0.2) is 35.2 Å². The Morgan fingerprint density at radius 2 is 1.76 bits per heavy atom. The zero-order chi connectivity index (χ0) is 15.8. The van der Waals surface area contributed by atoms with Crippen LogP contribution in [0.2, 0.25) is 10.0 Å². The fourth-order valence-corrected chi connectivity index (χ4v) is 3.74. The first kappa shape index (κ1) is 15.9. The van der Waals surface area contributed by atoms with Crippen molar-refractivity contribution in [1.29, 1.82) is 0 Å². The van der Waals surface area contributed by atoms with Gasteiger partial charge in [-0.1, -0.05) is 29.3 Å². The molecule has 0 saturated carbocycles. The number of rotatable bonds is 3. The van der Waals surface area contributed by atoms with Crippen LogP contribution < -0.4 is 10.5 Å². The van der Waals surface area contributed by atoms with Crippen molar-refractivity contribution in [3.8, 4) is 0 Å². The highest BCUT2D eigenvalue weighted by atomic mass is 35.5. The maximum atomic E-state index is 12.4. The van der Waals surface area contributed by atoms with Gasteiger partial charge < -0.3 is 5.73 Å². The number of benzene rings is 2. The molecule has 0 aromatic heterocycles. The van der Waals surface area contributed by atoms with Crippen molar-refractivity contribution in [3.05, 3.63) is 51.5 Å². The van der Waals surface area contributed by atoms with E-state index in [-0.39, 0.29) is 9.92 Å². The summed E-state index contributed by atoms with van der Waals surface area (Å²) < 4.78 is 27.3. The highest BCUT2D eigenvalue weighted by Gasteiger charge is 2.20. The Balaban J connectivity index is 2.47. The minimum absolute atomic E-state index is 0.0739. The molecule has 0 aliphatic carbocycles. The van der Waals surface area contributed by atoms with Crippen LogP contribution in [-0.4, -0.2) is 8.42 Å². The molecule has 0 unspecified atom stereocenters. The van der Waals surface area contributed by atoms with Gasteiger partial charge >= 0.3 is 0 Å². The maximum Gasteiger partial charge on any atom is 0.263 e. The van der Waals surface area contributed by atoms with Gasteiger partial charge in [-0.05, 0) is 49.2 Å². The van der Waals surface area contributed by atoms with Crippen LogP contribution in [0.1, 0.15) is 11.1 Å². The second kappa shape index (κ2) is 5.75. The van der Waals surface area contributed by atoms with Gasteiger partial charge in [0.2, 0.25) is 0 Å². The molecule has 0 aliphatic heterocycles. The van der Waals surface area contributed by atoms with Crippen LogP contribution in [0.5, 0.6) is 0 Å². The molecule has 2 rings (SSSR count). The Bertz CT molecular complexity index is 805. The lowest BCUT2D eigenvalue weighted by Crippen LogP contribution is -2.15. The summed E-state index contributed by atoms with van der Waals surface area (Å²) in [5, 5.41) is 0.393. The minimum Gasteiger partial charge on any atom is -0.398 e. The Morgan fingerprint density at radius 3 is 2.43 bits per heavy atom. The third-order valence-electron chi connectivity index (χ3n) is 3.16. The summed E-state index contributed by atoms with van der Waals surface area (Å²) in [6, 6.07) is 7.68. The number of nitrogens with one attached hydrogen (secondary N) is 1. The Morgan fingerprint density at radius 1 is 1.10 bits per heavy atom. The molecule has 2 aromatic carbocycles.